The minimum absolute atomic E-state index is 0.0494. The molecule has 5 heteroatoms. The van der Waals surface area contributed by atoms with E-state index in [0.29, 0.717) is 31.4 Å². The lowest BCUT2D eigenvalue weighted by atomic mass is 9.86. The Labute approximate surface area is 174 Å². The third kappa shape index (κ3) is 3.86. The molecule has 1 aliphatic rings. The highest BCUT2D eigenvalue weighted by atomic mass is 79.9. The fourth-order valence-corrected chi connectivity index (χ4v) is 4.98. The largest absolute Gasteiger partial charge is 0.479 e. The zero-order valence-electron chi connectivity index (χ0n) is 16.5. The normalized spacial score (nSPS) is 19.6. The number of amides is 1. The lowest BCUT2D eigenvalue weighted by Crippen LogP contribution is -2.54. The van der Waals surface area contributed by atoms with Crippen molar-refractivity contribution in [3.63, 3.8) is 0 Å². The Morgan fingerprint density at radius 3 is 2.39 bits per heavy atom. The molecule has 28 heavy (non-hydrogen) atoms. The van der Waals surface area contributed by atoms with Crippen LogP contribution in [-0.2, 0) is 16.6 Å². The molecular formula is C23H26BrNO3. The van der Waals surface area contributed by atoms with Gasteiger partial charge in [0.25, 0.3) is 5.91 Å². The fourth-order valence-electron chi connectivity index (χ4n) is 4.00. The molecule has 148 valence electrons. The van der Waals surface area contributed by atoms with Gasteiger partial charge in [-0.1, -0.05) is 73.1 Å². The van der Waals surface area contributed by atoms with Gasteiger partial charge in [0.2, 0.25) is 0 Å². The number of nitrogens with zero attached hydrogens (tertiary/aromatic N) is 1. The summed E-state index contributed by atoms with van der Waals surface area (Å²) >= 11 is 3.58. The Morgan fingerprint density at radius 2 is 1.82 bits per heavy atom. The van der Waals surface area contributed by atoms with Crippen LogP contribution >= 0.6 is 15.9 Å². The first-order valence-electron chi connectivity index (χ1n) is 9.54. The van der Waals surface area contributed by atoms with Gasteiger partial charge in [-0.05, 0) is 41.5 Å². The highest BCUT2D eigenvalue weighted by molar-refractivity contribution is 9.10. The van der Waals surface area contributed by atoms with E-state index >= 15 is 0 Å². The Hall–Kier alpha value is -2.14. The second-order valence-electron chi connectivity index (χ2n) is 8.50. The first-order chi connectivity index (χ1) is 13.1. The Morgan fingerprint density at radius 1 is 1.14 bits per heavy atom. The Kier molecular flexibility index (Phi) is 5.67. The number of rotatable bonds is 4. The number of benzene rings is 2. The molecule has 0 aliphatic carbocycles. The van der Waals surface area contributed by atoms with Crippen molar-refractivity contribution in [1.82, 2.24) is 4.90 Å². The summed E-state index contributed by atoms with van der Waals surface area (Å²) in [6.07, 6.45) is 1.46. The van der Waals surface area contributed by atoms with E-state index in [1.54, 1.807) is 11.0 Å². The maximum atomic E-state index is 13.3. The Bertz CT molecular complexity index is 888. The number of hydrogen-bond donors (Lipinski definition) is 1. The zero-order chi connectivity index (χ0) is 20.5. The quantitative estimate of drug-likeness (QED) is 0.718. The van der Waals surface area contributed by atoms with E-state index in [4.69, 9.17) is 0 Å². The first-order valence-corrected chi connectivity index (χ1v) is 10.3. The van der Waals surface area contributed by atoms with Gasteiger partial charge in [0.15, 0.2) is 0 Å². The van der Waals surface area contributed by atoms with E-state index in [-0.39, 0.29) is 11.3 Å². The van der Waals surface area contributed by atoms with Crippen molar-refractivity contribution < 1.29 is 14.7 Å². The number of likely N-dealkylation sites (tertiary alicyclic amines) is 1. The lowest BCUT2D eigenvalue weighted by Gasteiger charge is -2.35. The molecule has 0 bridgehead atoms. The molecule has 2 aromatic rings. The molecule has 0 spiro atoms. The molecule has 1 heterocycles. The lowest BCUT2D eigenvalue weighted by molar-refractivity contribution is -0.148. The van der Waals surface area contributed by atoms with Crippen LogP contribution in [0.5, 0.6) is 0 Å². The molecule has 1 aliphatic heterocycles. The molecule has 0 radical (unpaired) electrons. The highest BCUT2D eigenvalue weighted by Gasteiger charge is 2.50. The number of carbonyl (C=O) groups is 2. The van der Waals surface area contributed by atoms with Gasteiger partial charge < -0.3 is 10.0 Å². The van der Waals surface area contributed by atoms with Crippen molar-refractivity contribution in [2.75, 3.05) is 6.54 Å². The predicted octanol–water partition coefficient (Wildman–Crippen LogP) is 5.05. The number of hydrogen-bond acceptors (Lipinski definition) is 2. The molecule has 2 aromatic carbocycles. The minimum Gasteiger partial charge on any atom is -0.479 e. The smallest absolute Gasteiger partial charge is 0.329 e. The molecule has 1 fully saturated rings. The molecule has 0 saturated carbocycles. The Balaban J connectivity index is 1.95. The molecule has 3 rings (SSSR count). The zero-order valence-corrected chi connectivity index (χ0v) is 18.1. The van der Waals surface area contributed by atoms with Crippen molar-refractivity contribution in [3.8, 4) is 0 Å². The number of carboxylic acids is 1. The number of carbonyl (C=O) groups excluding carboxylic acids is 1. The van der Waals surface area contributed by atoms with E-state index in [1.165, 1.54) is 0 Å². The van der Waals surface area contributed by atoms with Crippen molar-refractivity contribution in [3.05, 3.63) is 69.7 Å². The van der Waals surface area contributed by atoms with Crippen LogP contribution in [0.25, 0.3) is 0 Å². The summed E-state index contributed by atoms with van der Waals surface area (Å²) in [7, 11) is 0. The monoisotopic (exact) mass is 443 g/mol. The van der Waals surface area contributed by atoms with Crippen LogP contribution in [-0.4, -0.2) is 34.0 Å². The maximum absolute atomic E-state index is 13.3. The van der Waals surface area contributed by atoms with E-state index in [9.17, 15) is 14.7 Å². The van der Waals surface area contributed by atoms with Crippen LogP contribution in [0.4, 0.5) is 0 Å². The second-order valence-corrected chi connectivity index (χ2v) is 9.36. The third-order valence-electron chi connectivity index (χ3n) is 5.50. The van der Waals surface area contributed by atoms with Crippen LogP contribution in [0.3, 0.4) is 0 Å². The SMILES string of the molecule is CC(C)(C)c1ccc(C(=O)N2CCCC2(Cc2ccccc2)C(=O)O)cc1Br. The summed E-state index contributed by atoms with van der Waals surface area (Å²) in [6, 6.07) is 15.1. The van der Waals surface area contributed by atoms with Crippen LogP contribution in [0, 0.1) is 0 Å². The molecule has 1 saturated heterocycles. The molecule has 1 amide bonds. The van der Waals surface area contributed by atoms with Gasteiger partial charge in [-0.2, -0.15) is 0 Å². The van der Waals surface area contributed by atoms with E-state index < -0.39 is 11.5 Å². The van der Waals surface area contributed by atoms with Crippen molar-refractivity contribution >= 4 is 27.8 Å². The molecule has 1 N–H and O–H groups in total. The number of aliphatic carboxylic acids is 1. The van der Waals surface area contributed by atoms with Crippen LogP contribution < -0.4 is 0 Å². The predicted molar refractivity (Wildman–Crippen MR) is 114 cm³/mol. The van der Waals surface area contributed by atoms with Crippen LogP contribution in [0.15, 0.2) is 53.0 Å². The van der Waals surface area contributed by atoms with Gasteiger partial charge >= 0.3 is 5.97 Å². The molecule has 0 aromatic heterocycles. The second kappa shape index (κ2) is 7.70. The average Bonchev–Trinajstić information content (AvgIpc) is 3.05. The summed E-state index contributed by atoms with van der Waals surface area (Å²) in [5, 5.41) is 10.1. The van der Waals surface area contributed by atoms with Gasteiger partial charge in [-0.3, -0.25) is 4.79 Å². The molecule has 1 atom stereocenters. The van der Waals surface area contributed by atoms with Gasteiger partial charge in [0.05, 0.1) is 0 Å². The standard InChI is InChI=1S/C23H26BrNO3/c1-22(2,3)18-11-10-17(14-19(18)24)20(26)25-13-7-12-23(25,21(27)28)15-16-8-5-4-6-9-16/h4-6,8-11,14H,7,12-13,15H2,1-3H3,(H,27,28). The molecule has 1 unspecified atom stereocenters. The van der Waals surface area contributed by atoms with Gasteiger partial charge in [0.1, 0.15) is 5.54 Å². The highest BCUT2D eigenvalue weighted by Crippen LogP contribution is 2.36. The van der Waals surface area contributed by atoms with E-state index in [1.807, 2.05) is 42.5 Å². The first kappa shape index (κ1) is 20.6. The van der Waals surface area contributed by atoms with Crippen molar-refractivity contribution in [1.29, 1.82) is 0 Å². The summed E-state index contributed by atoms with van der Waals surface area (Å²) in [5.41, 5.74) is 1.30. The van der Waals surface area contributed by atoms with Crippen molar-refractivity contribution in [2.24, 2.45) is 0 Å². The van der Waals surface area contributed by atoms with Crippen LogP contribution in [0.1, 0.15) is 55.1 Å². The molecule has 4 nitrogen and oxygen atoms in total. The van der Waals surface area contributed by atoms with E-state index in [0.717, 1.165) is 15.6 Å². The maximum Gasteiger partial charge on any atom is 0.329 e. The topological polar surface area (TPSA) is 57.6 Å². The van der Waals surface area contributed by atoms with Gasteiger partial charge in [-0.25, -0.2) is 4.79 Å². The summed E-state index contributed by atoms with van der Waals surface area (Å²) in [5.74, 6) is -1.16. The number of carboxylic acid groups (broad SMARTS) is 1. The fraction of sp³-hybridized carbons (Fsp3) is 0.391. The summed E-state index contributed by atoms with van der Waals surface area (Å²) in [6.45, 7) is 6.80. The van der Waals surface area contributed by atoms with Gasteiger partial charge in [-0.15, -0.1) is 0 Å². The average molecular weight is 444 g/mol. The third-order valence-corrected chi connectivity index (χ3v) is 6.15. The summed E-state index contributed by atoms with van der Waals surface area (Å²) < 4.78 is 0.869. The van der Waals surface area contributed by atoms with E-state index in [2.05, 4.69) is 36.7 Å². The minimum atomic E-state index is -1.20. The van der Waals surface area contributed by atoms with Crippen LogP contribution in [0.2, 0.25) is 0 Å². The van der Waals surface area contributed by atoms with Crippen molar-refractivity contribution in [2.45, 2.75) is 51.0 Å². The van der Waals surface area contributed by atoms with Gasteiger partial charge in [0, 0.05) is 23.0 Å². The molecular weight excluding hydrogens is 418 g/mol. The summed E-state index contributed by atoms with van der Waals surface area (Å²) in [4.78, 5) is 27.2. The number of halogens is 1.